The van der Waals surface area contributed by atoms with Gasteiger partial charge in [0.05, 0.1) is 11.3 Å². The van der Waals surface area contributed by atoms with E-state index in [1.165, 1.54) is 24.3 Å². The number of amides is 1. The Morgan fingerprint density at radius 3 is 2.38 bits per heavy atom. The molecule has 21 heavy (non-hydrogen) atoms. The highest BCUT2D eigenvalue weighted by molar-refractivity contribution is 7.90. The van der Waals surface area contributed by atoms with Crippen molar-refractivity contribution >= 4 is 21.7 Å². The Morgan fingerprint density at radius 1 is 1.29 bits per heavy atom. The van der Waals surface area contributed by atoms with Crippen LogP contribution in [0.3, 0.4) is 0 Å². The van der Waals surface area contributed by atoms with Crippen molar-refractivity contribution in [3.8, 4) is 0 Å². The Labute approximate surface area is 124 Å². The summed E-state index contributed by atoms with van der Waals surface area (Å²) in [5, 5.41) is 11.5. The van der Waals surface area contributed by atoms with Crippen LogP contribution in [0, 0.1) is 5.92 Å². The van der Waals surface area contributed by atoms with Crippen molar-refractivity contribution in [1.29, 1.82) is 0 Å². The van der Waals surface area contributed by atoms with Gasteiger partial charge in [-0.25, -0.2) is 8.42 Å². The normalized spacial score (nSPS) is 13.0. The second-order valence-electron chi connectivity index (χ2n) is 5.22. The predicted octanol–water partition coefficient (Wildman–Crippen LogP) is 1.32. The van der Waals surface area contributed by atoms with E-state index in [-0.39, 0.29) is 22.8 Å². The lowest BCUT2D eigenvalue weighted by Gasteiger charge is -2.20. The molecule has 0 bridgehead atoms. The van der Waals surface area contributed by atoms with Crippen LogP contribution >= 0.6 is 0 Å². The maximum atomic E-state index is 12.1. The number of benzene rings is 1. The number of carboxylic acids is 1. The van der Waals surface area contributed by atoms with E-state index in [4.69, 9.17) is 5.11 Å². The van der Waals surface area contributed by atoms with Gasteiger partial charge in [0.1, 0.15) is 0 Å². The minimum Gasteiger partial charge on any atom is -0.481 e. The zero-order valence-electron chi connectivity index (χ0n) is 12.2. The molecule has 0 aliphatic heterocycles. The molecule has 1 unspecified atom stereocenters. The Balaban J connectivity index is 2.95. The molecule has 0 saturated heterocycles. The number of aliphatic carboxylic acids is 1. The molecule has 0 radical (unpaired) electrons. The number of hydrogen-bond acceptors (Lipinski definition) is 4. The Hall–Kier alpha value is -1.89. The number of sulfone groups is 1. The molecular weight excluding hydrogens is 294 g/mol. The highest BCUT2D eigenvalue weighted by atomic mass is 32.2. The number of nitrogens with one attached hydrogen (secondary N) is 1. The number of rotatable bonds is 6. The van der Waals surface area contributed by atoms with Gasteiger partial charge in [0.25, 0.3) is 5.91 Å². The molecular formula is C14H19NO5S. The Kier molecular flexibility index (Phi) is 5.48. The Bertz CT molecular complexity index is 637. The van der Waals surface area contributed by atoms with E-state index in [9.17, 15) is 18.0 Å². The van der Waals surface area contributed by atoms with Gasteiger partial charge in [0.15, 0.2) is 9.84 Å². The summed E-state index contributed by atoms with van der Waals surface area (Å²) >= 11 is 0. The van der Waals surface area contributed by atoms with Gasteiger partial charge < -0.3 is 10.4 Å². The summed E-state index contributed by atoms with van der Waals surface area (Å²) in [6.07, 6.45) is 0.876. The van der Waals surface area contributed by atoms with Crippen LogP contribution in [0.1, 0.15) is 30.6 Å². The molecule has 0 aromatic heterocycles. The first-order valence-corrected chi connectivity index (χ1v) is 8.33. The van der Waals surface area contributed by atoms with Crippen LogP contribution in [-0.2, 0) is 14.6 Å². The molecule has 0 heterocycles. The summed E-state index contributed by atoms with van der Waals surface area (Å²) in [4.78, 5) is 23.0. The van der Waals surface area contributed by atoms with Crippen LogP contribution in [0.15, 0.2) is 29.2 Å². The van der Waals surface area contributed by atoms with E-state index in [0.717, 1.165) is 6.26 Å². The summed E-state index contributed by atoms with van der Waals surface area (Å²) in [5.74, 6) is -1.54. The quantitative estimate of drug-likeness (QED) is 0.825. The van der Waals surface area contributed by atoms with E-state index in [1.54, 1.807) is 13.8 Å². The minimum absolute atomic E-state index is 0.0504. The minimum atomic E-state index is -3.40. The molecule has 2 N–H and O–H groups in total. The van der Waals surface area contributed by atoms with Gasteiger partial charge in [-0.2, -0.15) is 0 Å². The molecule has 1 atom stereocenters. The van der Waals surface area contributed by atoms with E-state index in [1.807, 2.05) is 0 Å². The van der Waals surface area contributed by atoms with Crippen LogP contribution in [0.4, 0.5) is 0 Å². The van der Waals surface area contributed by atoms with Gasteiger partial charge in [-0.1, -0.05) is 19.9 Å². The third-order valence-electron chi connectivity index (χ3n) is 3.04. The average Bonchev–Trinajstić information content (AvgIpc) is 2.36. The van der Waals surface area contributed by atoms with Crippen LogP contribution in [0.2, 0.25) is 0 Å². The van der Waals surface area contributed by atoms with Crippen LogP contribution in [-0.4, -0.2) is 37.7 Å². The molecule has 1 aromatic rings. The van der Waals surface area contributed by atoms with Gasteiger partial charge in [-0.3, -0.25) is 9.59 Å². The lowest BCUT2D eigenvalue weighted by atomic mass is 10.0. The fraction of sp³-hybridized carbons (Fsp3) is 0.429. The van der Waals surface area contributed by atoms with E-state index in [0.29, 0.717) is 0 Å². The molecule has 6 nitrogen and oxygen atoms in total. The first-order valence-electron chi connectivity index (χ1n) is 6.44. The molecule has 1 rings (SSSR count). The van der Waals surface area contributed by atoms with Gasteiger partial charge >= 0.3 is 5.97 Å². The lowest BCUT2D eigenvalue weighted by molar-refractivity contribution is -0.137. The molecule has 0 aliphatic carbocycles. The standard InChI is InChI=1S/C14H19NO5S/c1-9(2)12(8-13(16)17)15-14(18)10-5-4-6-11(7-10)21(3,19)20/h4-7,9,12H,8H2,1-3H3,(H,15,18)(H,16,17). The van der Waals surface area contributed by atoms with Crippen molar-refractivity contribution in [2.24, 2.45) is 5.92 Å². The van der Waals surface area contributed by atoms with Crippen molar-refractivity contribution in [2.45, 2.75) is 31.2 Å². The summed E-state index contributed by atoms with van der Waals surface area (Å²) < 4.78 is 22.9. The SMILES string of the molecule is CC(C)C(CC(=O)O)NC(=O)c1cccc(S(C)(=O)=O)c1. The third kappa shape index (κ3) is 5.18. The van der Waals surface area contributed by atoms with Gasteiger partial charge in [-0.15, -0.1) is 0 Å². The first-order chi connectivity index (χ1) is 9.61. The van der Waals surface area contributed by atoms with Crippen LogP contribution in [0.25, 0.3) is 0 Å². The number of carbonyl (C=O) groups is 2. The second-order valence-corrected chi connectivity index (χ2v) is 7.24. The fourth-order valence-electron chi connectivity index (χ4n) is 1.76. The monoisotopic (exact) mass is 313 g/mol. The van der Waals surface area contributed by atoms with Crippen molar-refractivity contribution in [3.63, 3.8) is 0 Å². The summed E-state index contributed by atoms with van der Waals surface area (Å²) in [6.45, 7) is 3.61. The van der Waals surface area contributed by atoms with Crippen molar-refractivity contribution in [2.75, 3.05) is 6.26 Å². The molecule has 1 amide bonds. The Morgan fingerprint density at radius 2 is 1.90 bits per heavy atom. The first kappa shape index (κ1) is 17.2. The summed E-state index contributed by atoms with van der Waals surface area (Å²) in [5.41, 5.74) is 0.189. The van der Waals surface area contributed by atoms with Crippen molar-refractivity contribution in [3.05, 3.63) is 29.8 Å². The highest BCUT2D eigenvalue weighted by Gasteiger charge is 2.20. The summed E-state index contributed by atoms with van der Waals surface area (Å²) in [6, 6.07) is 5.14. The zero-order valence-corrected chi connectivity index (χ0v) is 13.0. The molecule has 1 aromatic carbocycles. The second kappa shape index (κ2) is 6.71. The summed E-state index contributed by atoms with van der Waals surface area (Å²) in [7, 11) is -3.40. The number of carboxylic acid groups (broad SMARTS) is 1. The molecule has 116 valence electrons. The van der Waals surface area contributed by atoms with Crippen LogP contribution in [0.5, 0.6) is 0 Å². The zero-order chi connectivity index (χ0) is 16.2. The van der Waals surface area contributed by atoms with Gasteiger partial charge in [0.2, 0.25) is 0 Å². The van der Waals surface area contributed by atoms with E-state index in [2.05, 4.69) is 5.32 Å². The van der Waals surface area contributed by atoms with E-state index < -0.39 is 27.8 Å². The molecule has 0 aliphatic rings. The largest absolute Gasteiger partial charge is 0.481 e. The fourth-order valence-corrected chi connectivity index (χ4v) is 2.43. The van der Waals surface area contributed by atoms with Crippen LogP contribution < -0.4 is 5.32 Å². The van der Waals surface area contributed by atoms with Crippen molar-refractivity contribution < 1.29 is 23.1 Å². The number of carbonyl (C=O) groups excluding carboxylic acids is 1. The predicted molar refractivity (Wildman–Crippen MR) is 77.9 cm³/mol. The average molecular weight is 313 g/mol. The van der Waals surface area contributed by atoms with Gasteiger partial charge in [-0.05, 0) is 24.1 Å². The van der Waals surface area contributed by atoms with Gasteiger partial charge in [0, 0.05) is 17.9 Å². The van der Waals surface area contributed by atoms with Crippen molar-refractivity contribution in [1.82, 2.24) is 5.32 Å². The lowest BCUT2D eigenvalue weighted by Crippen LogP contribution is -2.40. The molecule has 0 fully saturated rings. The maximum Gasteiger partial charge on any atom is 0.305 e. The molecule has 7 heteroatoms. The maximum absolute atomic E-state index is 12.1. The topological polar surface area (TPSA) is 101 Å². The highest BCUT2D eigenvalue weighted by Crippen LogP contribution is 2.13. The third-order valence-corrected chi connectivity index (χ3v) is 4.15. The van der Waals surface area contributed by atoms with E-state index >= 15 is 0 Å². The molecule has 0 spiro atoms. The molecule has 0 saturated carbocycles. The number of hydrogen-bond donors (Lipinski definition) is 2. The smallest absolute Gasteiger partial charge is 0.305 e.